The van der Waals surface area contributed by atoms with Crippen molar-refractivity contribution >= 4 is 66.8 Å². The topological polar surface area (TPSA) is 67.4 Å². The fourth-order valence-electron chi connectivity index (χ4n) is 3.25. The summed E-state index contributed by atoms with van der Waals surface area (Å²) in [4.78, 5) is 21.7. The van der Waals surface area contributed by atoms with Crippen molar-refractivity contribution in [3.8, 4) is 5.75 Å². The molecule has 0 aromatic carbocycles. The number of rotatable bonds is 9. The molecule has 178 valence electrons. The molecule has 0 aliphatic carbocycles. The third kappa shape index (κ3) is 9.01. The third-order valence-corrected chi connectivity index (χ3v) is 5.17. The number of carbonyl (C=O) groups excluding carboxylic acids is 1. The number of amides is 1. The summed E-state index contributed by atoms with van der Waals surface area (Å²) in [5.41, 5.74) is -0.554. The number of pyridine rings is 1. The number of piperazine rings is 1. The average molecular weight is 481 g/mol. The van der Waals surface area contributed by atoms with E-state index in [1.807, 2.05) is 20.8 Å². The molecule has 0 atom stereocenters. The molecule has 0 unspecified atom stereocenters. The molecule has 1 amide bonds. The molecule has 1 fully saturated rings. The lowest BCUT2D eigenvalue weighted by molar-refractivity contribution is 0.00219. The highest BCUT2D eigenvalue weighted by molar-refractivity contribution is 6.59. The zero-order valence-electron chi connectivity index (χ0n) is 21.2. The zero-order chi connectivity index (χ0) is 27.5. The Hall–Kier alpha value is -1.68. The minimum absolute atomic E-state index is 0.125. The van der Waals surface area contributed by atoms with Gasteiger partial charge in [-0.05, 0) is 26.1 Å². The lowest BCUT2D eigenvalue weighted by Crippen LogP contribution is -2.65. The van der Waals surface area contributed by atoms with Gasteiger partial charge in [0.05, 0.1) is 29.7 Å². The van der Waals surface area contributed by atoms with E-state index < -0.39 is 27.5 Å². The Morgan fingerprint density at radius 2 is 1.64 bits per heavy atom. The van der Waals surface area contributed by atoms with Crippen LogP contribution in [-0.2, 0) is 9.47 Å². The summed E-state index contributed by atoms with van der Waals surface area (Å²) in [5.74, 6) is -0.709. The Morgan fingerprint density at radius 3 is 2.14 bits per heavy atom. The molecule has 0 N–H and O–H groups in total. The number of ether oxygens (including phenoxy) is 3. The number of aromatic nitrogens is 1. The van der Waals surface area contributed by atoms with Crippen molar-refractivity contribution in [1.82, 2.24) is 14.8 Å². The normalized spacial score (nSPS) is 16.0. The standard InChI is InChI=1S/C20H26B7FN4O4/c1-17(2,3)35-16(33)30(4)5-6-31-7-9-32(10-8-31)15-14(28)11-13(12-29-15)34-18(21,22)19(23,24)36-20(25,26)27/h11-12H,5-10H2,1-4H3. The van der Waals surface area contributed by atoms with Crippen LogP contribution in [0.25, 0.3) is 0 Å². The molecule has 0 bridgehead atoms. The molecule has 2 heterocycles. The number of likely N-dealkylation sites (N-methyl/N-ethyl adjacent to an activating group) is 1. The summed E-state index contributed by atoms with van der Waals surface area (Å²) in [6.45, 7) is 8.94. The predicted octanol–water partition coefficient (Wildman–Crippen LogP) is -1.30. The van der Waals surface area contributed by atoms with Crippen LogP contribution in [0.5, 0.6) is 5.75 Å². The van der Waals surface area contributed by atoms with E-state index in [-0.39, 0.29) is 17.7 Å². The Morgan fingerprint density at radius 1 is 1.06 bits per heavy atom. The number of nitrogens with zero attached hydrogens (tertiary/aromatic N) is 4. The first kappa shape index (κ1) is 30.5. The van der Waals surface area contributed by atoms with Crippen molar-refractivity contribution < 1.29 is 23.4 Å². The van der Waals surface area contributed by atoms with Crippen molar-refractivity contribution in [2.24, 2.45) is 0 Å². The highest BCUT2D eigenvalue weighted by atomic mass is 19.1. The Kier molecular flexibility index (Phi) is 9.65. The van der Waals surface area contributed by atoms with Crippen LogP contribution in [0.4, 0.5) is 15.0 Å². The summed E-state index contributed by atoms with van der Waals surface area (Å²) < 4.78 is 30.4. The number of carbonyl (C=O) groups is 1. The molecule has 36 heavy (non-hydrogen) atoms. The molecule has 1 saturated heterocycles. The molecular weight excluding hydrogens is 455 g/mol. The summed E-state index contributed by atoms with van der Waals surface area (Å²) in [5, 5.41) is -7.09. The quantitative estimate of drug-likeness (QED) is 0.407. The lowest BCUT2D eigenvalue weighted by Gasteiger charge is -2.48. The van der Waals surface area contributed by atoms with E-state index in [9.17, 15) is 9.18 Å². The van der Waals surface area contributed by atoms with Gasteiger partial charge in [0, 0.05) is 63.2 Å². The Labute approximate surface area is 222 Å². The molecule has 16 heteroatoms. The van der Waals surface area contributed by atoms with Crippen molar-refractivity contribution in [3.63, 3.8) is 0 Å². The number of hydrogen-bond donors (Lipinski definition) is 0. The van der Waals surface area contributed by atoms with Gasteiger partial charge in [0.1, 0.15) is 42.7 Å². The highest BCUT2D eigenvalue weighted by Gasteiger charge is 2.40. The number of hydrogen-bond acceptors (Lipinski definition) is 7. The molecule has 1 aromatic rings. The first-order valence-electron chi connectivity index (χ1n) is 11.3. The van der Waals surface area contributed by atoms with Gasteiger partial charge in [-0.3, -0.25) is 4.90 Å². The minimum Gasteiger partial charge on any atom is -0.504 e. The number of halogens is 1. The smallest absolute Gasteiger partial charge is 0.410 e. The van der Waals surface area contributed by atoms with Crippen molar-refractivity contribution in [1.29, 1.82) is 0 Å². The second kappa shape index (κ2) is 11.4. The van der Waals surface area contributed by atoms with Gasteiger partial charge in [-0.25, -0.2) is 14.2 Å². The molecule has 2 rings (SSSR count). The van der Waals surface area contributed by atoms with Gasteiger partial charge < -0.3 is 24.0 Å². The van der Waals surface area contributed by atoms with Gasteiger partial charge >= 0.3 is 6.09 Å². The molecule has 14 radical (unpaired) electrons. The highest BCUT2D eigenvalue weighted by Crippen LogP contribution is 2.27. The predicted molar refractivity (Wildman–Crippen MR) is 142 cm³/mol. The van der Waals surface area contributed by atoms with E-state index in [1.54, 1.807) is 11.9 Å². The molecule has 1 aliphatic rings. The second-order valence-electron chi connectivity index (χ2n) is 9.85. The van der Waals surface area contributed by atoms with Crippen LogP contribution in [0.15, 0.2) is 12.3 Å². The SMILES string of the molecule is [B]C([B])([B])OC([B])([B])C([B])([B])Oc1cnc(N2CCN(CCN(C)C(=O)OC(C)(C)C)CC2)c(F)c1. The first-order chi connectivity index (χ1) is 16.3. The summed E-state index contributed by atoms with van der Waals surface area (Å²) in [6.07, 6.45) is 0.835. The van der Waals surface area contributed by atoms with Crippen LogP contribution in [0.1, 0.15) is 20.8 Å². The molecule has 1 aliphatic heterocycles. The minimum atomic E-state index is -2.44. The maximum atomic E-state index is 14.9. The molecule has 8 nitrogen and oxygen atoms in total. The van der Waals surface area contributed by atoms with E-state index >= 15 is 0 Å². The lowest BCUT2D eigenvalue weighted by atomic mass is 9.40. The van der Waals surface area contributed by atoms with Gasteiger partial charge in [-0.1, -0.05) is 0 Å². The zero-order valence-corrected chi connectivity index (χ0v) is 21.2. The molecule has 1 aromatic heterocycles. The fraction of sp³-hybridized carbons (Fsp3) is 0.700. The fourth-order valence-corrected chi connectivity index (χ4v) is 3.25. The molecule has 0 saturated carbocycles. The van der Waals surface area contributed by atoms with Crippen LogP contribution < -0.4 is 9.64 Å². The third-order valence-electron chi connectivity index (χ3n) is 5.17. The Bertz CT molecular complexity index is 907. The van der Waals surface area contributed by atoms with E-state index in [0.29, 0.717) is 39.3 Å². The van der Waals surface area contributed by atoms with Crippen LogP contribution in [-0.4, -0.2) is 144 Å². The van der Waals surface area contributed by atoms with Crippen LogP contribution in [0.3, 0.4) is 0 Å². The number of anilines is 1. The van der Waals surface area contributed by atoms with Gasteiger partial charge in [-0.2, -0.15) is 0 Å². The summed E-state index contributed by atoms with van der Waals surface area (Å²) in [6, 6.07) is 1.04. The van der Waals surface area contributed by atoms with Crippen LogP contribution in [0.2, 0.25) is 0 Å². The van der Waals surface area contributed by atoms with Crippen LogP contribution in [0, 0.1) is 5.82 Å². The van der Waals surface area contributed by atoms with E-state index in [1.165, 1.54) is 11.1 Å². The molecular formula is C20H26B7FN4O4. The summed E-state index contributed by atoms with van der Waals surface area (Å²) in [7, 11) is 40.6. The van der Waals surface area contributed by atoms with E-state index in [2.05, 4.69) is 9.88 Å². The summed E-state index contributed by atoms with van der Waals surface area (Å²) >= 11 is 0. The van der Waals surface area contributed by atoms with Crippen LogP contribution >= 0.6 is 0 Å². The maximum Gasteiger partial charge on any atom is 0.410 e. The van der Waals surface area contributed by atoms with Gasteiger partial charge in [-0.15, -0.1) is 0 Å². The van der Waals surface area contributed by atoms with Gasteiger partial charge in [0.15, 0.2) is 11.6 Å². The van der Waals surface area contributed by atoms with Crippen molar-refractivity contribution in [3.05, 3.63) is 18.1 Å². The van der Waals surface area contributed by atoms with Gasteiger partial charge in [0.25, 0.3) is 0 Å². The maximum absolute atomic E-state index is 14.9. The molecule has 0 spiro atoms. The Balaban J connectivity index is 1.92. The van der Waals surface area contributed by atoms with Crippen molar-refractivity contribution in [2.75, 3.05) is 51.2 Å². The largest absolute Gasteiger partial charge is 0.504 e. The monoisotopic (exact) mass is 482 g/mol. The van der Waals surface area contributed by atoms with Crippen molar-refractivity contribution in [2.45, 2.75) is 42.5 Å². The average Bonchev–Trinajstić information content (AvgIpc) is 2.69. The first-order valence-corrected chi connectivity index (χ1v) is 11.3. The van der Waals surface area contributed by atoms with Gasteiger partial charge in [0.2, 0.25) is 0 Å². The van der Waals surface area contributed by atoms with E-state index in [0.717, 1.165) is 6.07 Å². The van der Waals surface area contributed by atoms with E-state index in [4.69, 9.17) is 69.1 Å². The second-order valence-corrected chi connectivity index (χ2v) is 9.85.